The minimum absolute atomic E-state index is 0.627. The summed E-state index contributed by atoms with van der Waals surface area (Å²) >= 11 is 0. The fraction of sp³-hybridized carbons (Fsp3) is 0.188. The maximum atomic E-state index is 8.81. The second-order valence-electron chi connectivity index (χ2n) is 4.15. The molecule has 0 bridgehead atoms. The summed E-state index contributed by atoms with van der Waals surface area (Å²) in [5.41, 5.74) is 1.80. The van der Waals surface area contributed by atoms with E-state index in [2.05, 4.69) is 11.4 Å². The lowest BCUT2D eigenvalue weighted by Crippen LogP contribution is -2.20. The molecule has 0 saturated carbocycles. The van der Waals surface area contributed by atoms with Crippen LogP contribution in [0.15, 0.2) is 54.6 Å². The summed E-state index contributed by atoms with van der Waals surface area (Å²) in [5, 5.41) is 12.1. The highest BCUT2D eigenvalue weighted by Gasteiger charge is 1.95. The van der Waals surface area contributed by atoms with Crippen molar-refractivity contribution in [3.8, 4) is 11.8 Å². The lowest BCUT2D eigenvalue weighted by molar-refractivity contribution is 0.313. The Balaban J connectivity index is 1.68. The largest absolute Gasteiger partial charge is 0.492 e. The van der Waals surface area contributed by atoms with Crippen molar-refractivity contribution >= 4 is 0 Å². The molecule has 0 spiro atoms. The van der Waals surface area contributed by atoms with Crippen LogP contribution in [-0.2, 0) is 6.54 Å². The molecule has 3 nitrogen and oxygen atoms in total. The average Bonchev–Trinajstić information content (AvgIpc) is 2.48. The Morgan fingerprint density at radius 1 is 1.05 bits per heavy atom. The molecule has 3 heteroatoms. The highest BCUT2D eigenvalue weighted by molar-refractivity contribution is 5.32. The molecular weight excluding hydrogens is 236 g/mol. The summed E-state index contributed by atoms with van der Waals surface area (Å²) in [6.45, 7) is 2.14. The first-order chi connectivity index (χ1) is 9.38. The van der Waals surface area contributed by atoms with E-state index in [4.69, 9.17) is 10.00 Å². The molecule has 0 aliphatic heterocycles. The standard InChI is InChI=1S/C16H16N2O/c17-12-14-5-4-6-15(11-14)13-18-9-10-19-16-7-2-1-3-8-16/h1-8,11,18H,9-10,13H2. The molecule has 0 fully saturated rings. The molecule has 0 aromatic heterocycles. The molecule has 0 aliphatic carbocycles. The predicted molar refractivity (Wildman–Crippen MR) is 74.8 cm³/mol. The molecule has 0 amide bonds. The minimum atomic E-state index is 0.627. The molecule has 96 valence electrons. The number of ether oxygens (including phenoxy) is 1. The third-order valence-corrected chi connectivity index (χ3v) is 2.68. The molecule has 0 atom stereocenters. The van der Waals surface area contributed by atoms with Crippen LogP contribution in [0.3, 0.4) is 0 Å². The molecule has 0 saturated heterocycles. The normalized spacial score (nSPS) is 9.84. The zero-order chi connectivity index (χ0) is 13.3. The zero-order valence-corrected chi connectivity index (χ0v) is 10.7. The van der Waals surface area contributed by atoms with Crippen LogP contribution in [-0.4, -0.2) is 13.2 Å². The van der Waals surface area contributed by atoms with Crippen molar-refractivity contribution in [2.24, 2.45) is 0 Å². The maximum Gasteiger partial charge on any atom is 0.119 e. The lowest BCUT2D eigenvalue weighted by Gasteiger charge is -2.07. The third-order valence-electron chi connectivity index (χ3n) is 2.68. The molecule has 0 unspecified atom stereocenters. The van der Waals surface area contributed by atoms with Crippen LogP contribution < -0.4 is 10.1 Å². The van der Waals surface area contributed by atoms with E-state index in [1.807, 2.05) is 54.6 Å². The number of nitrogens with zero attached hydrogens (tertiary/aromatic N) is 1. The van der Waals surface area contributed by atoms with Gasteiger partial charge < -0.3 is 10.1 Å². The van der Waals surface area contributed by atoms with Gasteiger partial charge in [-0.15, -0.1) is 0 Å². The first kappa shape index (κ1) is 13.1. The van der Waals surface area contributed by atoms with Gasteiger partial charge in [-0.05, 0) is 29.8 Å². The van der Waals surface area contributed by atoms with E-state index in [0.29, 0.717) is 12.2 Å². The summed E-state index contributed by atoms with van der Waals surface area (Å²) in [6.07, 6.45) is 0. The molecular formula is C16H16N2O. The number of nitrogens with one attached hydrogen (secondary N) is 1. The van der Waals surface area contributed by atoms with E-state index < -0.39 is 0 Å². The van der Waals surface area contributed by atoms with Crippen LogP contribution >= 0.6 is 0 Å². The number of rotatable bonds is 6. The van der Waals surface area contributed by atoms with E-state index in [1.165, 1.54) is 0 Å². The Labute approximate surface area is 113 Å². The fourth-order valence-corrected chi connectivity index (χ4v) is 1.74. The second kappa shape index (κ2) is 7.20. The summed E-state index contributed by atoms with van der Waals surface area (Å²) in [7, 11) is 0. The van der Waals surface area contributed by atoms with Crippen LogP contribution in [0.4, 0.5) is 0 Å². The first-order valence-electron chi connectivity index (χ1n) is 6.26. The molecule has 19 heavy (non-hydrogen) atoms. The highest BCUT2D eigenvalue weighted by Crippen LogP contribution is 2.07. The van der Waals surface area contributed by atoms with Gasteiger partial charge >= 0.3 is 0 Å². The number of para-hydroxylation sites is 1. The maximum absolute atomic E-state index is 8.81. The quantitative estimate of drug-likeness (QED) is 0.804. The van der Waals surface area contributed by atoms with Crippen LogP contribution in [0.1, 0.15) is 11.1 Å². The second-order valence-corrected chi connectivity index (χ2v) is 4.15. The van der Waals surface area contributed by atoms with Gasteiger partial charge in [0.2, 0.25) is 0 Å². The van der Waals surface area contributed by atoms with E-state index >= 15 is 0 Å². The van der Waals surface area contributed by atoms with Crippen molar-refractivity contribution in [2.45, 2.75) is 6.54 Å². The smallest absolute Gasteiger partial charge is 0.119 e. The third kappa shape index (κ3) is 4.46. The van der Waals surface area contributed by atoms with Gasteiger partial charge in [0.15, 0.2) is 0 Å². The van der Waals surface area contributed by atoms with Gasteiger partial charge in [0.05, 0.1) is 11.6 Å². The Hall–Kier alpha value is -2.31. The Morgan fingerprint density at radius 3 is 2.68 bits per heavy atom. The van der Waals surface area contributed by atoms with Crippen LogP contribution in [0, 0.1) is 11.3 Å². The molecule has 2 aromatic rings. The zero-order valence-electron chi connectivity index (χ0n) is 10.7. The summed E-state index contributed by atoms with van der Waals surface area (Å²) in [5.74, 6) is 0.885. The van der Waals surface area contributed by atoms with Gasteiger partial charge in [-0.2, -0.15) is 5.26 Å². The Kier molecular flexibility index (Phi) is 4.97. The van der Waals surface area contributed by atoms with E-state index in [0.717, 1.165) is 24.4 Å². The van der Waals surface area contributed by atoms with Gasteiger partial charge in [0, 0.05) is 13.1 Å². The van der Waals surface area contributed by atoms with Crippen molar-refractivity contribution in [3.63, 3.8) is 0 Å². The summed E-state index contributed by atoms with van der Waals surface area (Å²) in [6, 6.07) is 19.5. The van der Waals surface area contributed by atoms with Crippen LogP contribution in [0.5, 0.6) is 5.75 Å². The molecule has 1 N–H and O–H groups in total. The summed E-state index contributed by atoms with van der Waals surface area (Å²) in [4.78, 5) is 0. The Morgan fingerprint density at radius 2 is 1.89 bits per heavy atom. The minimum Gasteiger partial charge on any atom is -0.492 e. The Bertz CT molecular complexity index is 546. The van der Waals surface area contributed by atoms with Gasteiger partial charge in [0.1, 0.15) is 12.4 Å². The van der Waals surface area contributed by atoms with Crippen molar-refractivity contribution in [2.75, 3.05) is 13.2 Å². The van der Waals surface area contributed by atoms with Gasteiger partial charge in [0.25, 0.3) is 0 Å². The van der Waals surface area contributed by atoms with Gasteiger partial charge in [-0.1, -0.05) is 30.3 Å². The molecule has 0 heterocycles. The van der Waals surface area contributed by atoms with E-state index in [9.17, 15) is 0 Å². The predicted octanol–water partition coefficient (Wildman–Crippen LogP) is 2.73. The van der Waals surface area contributed by atoms with Crippen molar-refractivity contribution < 1.29 is 4.74 Å². The summed E-state index contributed by atoms with van der Waals surface area (Å²) < 4.78 is 5.57. The van der Waals surface area contributed by atoms with Crippen molar-refractivity contribution in [1.29, 1.82) is 5.26 Å². The highest BCUT2D eigenvalue weighted by atomic mass is 16.5. The van der Waals surface area contributed by atoms with Crippen molar-refractivity contribution in [1.82, 2.24) is 5.32 Å². The molecule has 0 aliphatic rings. The van der Waals surface area contributed by atoms with Crippen molar-refractivity contribution in [3.05, 3.63) is 65.7 Å². The van der Waals surface area contributed by atoms with Gasteiger partial charge in [-0.3, -0.25) is 0 Å². The number of benzene rings is 2. The lowest BCUT2D eigenvalue weighted by atomic mass is 10.1. The number of nitriles is 1. The first-order valence-corrected chi connectivity index (χ1v) is 6.26. The topological polar surface area (TPSA) is 45.0 Å². The number of hydrogen-bond acceptors (Lipinski definition) is 3. The monoisotopic (exact) mass is 252 g/mol. The molecule has 2 rings (SSSR count). The SMILES string of the molecule is N#Cc1cccc(CNCCOc2ccccc2)c1. The van der Waals surface area contributed by atoms with Crippen LogP contribution in [0.2, 0.25) is 0 Å². The number of hydrogen-bond donors (Lipinski definition) is 1. The van der Waals surface area contributed by atoms with E-state index in [1.54, 1.807) is 0 Å². The fourth-order valence-electron chi connectivity index (χ4n) is 1.74. The van der Waals surface area contributed by atoms with Gasteiger partial charge in [-0.25, -0.2) is 0 Å². The van der Waals surface area contributed by atoms with E-state index in [-0.39, 0.29) is 0 Å². The molecule has 0 radical (unpaired) electrons. The molecule has 2 aromatic carbocycles. The average molecular weight is 252 g/mol. The van der Waals surface area contributed by atoms with Crippen LogP contribution in [0.25, 0.3) is 0 Å².